The van der Waals surface area contributed by atoms with Crippen LogP contribution in [-0.4, -0.2) is 45.2 Å². The Labute approximate surface area is 162 Å². The van der Waals surface area contributed by atoms with Gasteiger partial charge >= 0.3 is 5.97 Å². The first kappa shape index (κ1) is 20.8. The number of hydrogen-bond donors (Lipinski definition) is 2. The fourth-order valence-electron chi connectivity index (χ4n) is 2.25. The van der Waals surface area contributed by atoms with Crippen molar-refractivity contribution >= 4 is 17.8 Å². The van der Waals surface area contributed by atoms with Crippen molar-refractivity contribution in [2.24, 2.45) is 0 Å². The molecule has 0 aliphatic carbocycles. The molecule has 0 spiro atoms. The first-order valence-electron chi connectivity index (χ1n) is 8.50. The van der Waals surface area contributed by atoms with Gasteiger partial charge in [0.1, 0.15) is 0 Å². The standard InChI is InChI=1S/C20H22N2O6/c1-26-16-9-8-15(10-17(16)28-13-19(24)27-2)20(25)22-12-18(23)21-11-14-6-4-3-5-7-14/h3-10H,11-13H2,1-2H3,(H,21,23)(H,22,25). The molecule has 0 fully saturated rings. The van der Waals surface area contributed by atoms with E-state index in [-0.39, 0.29) is 30.4 Å². The van der Waals surface area contributed by atoms with E-state index in [2.05, 4.69) is 15.4 Å². The van der Waals surface area contributed by atoms with E-state index in [1.54, 1.807) is 0 Å². The van der Waals surface area contributed by atoms with Crippen LogP contribution in [0.2, 0.25) is 0 Å². The smallest absolute Gasteiger partial charge is 0.343 e. The zero-order chi connectivity index (χ0) is 20.4. The molecule has 28 heavy (non-hydrogen) atoms. The molecular weight excluding hydrogens is 364 g/mol. The average molecular weight is 386 g/mol. The van der Waals surface area contributed by atoms with Gasteiger partial charge in [-0.25, -0.2) is 4.79 Å². The third-order valence-corrected chi connectivity index (χ3v) is 3.74. The van der Waals surface area contributed by atoms with Crippen LogP contribution < -0.4 is 20.1 Å². The number of esters is 1. The second-order valence-corrected chi connectivity index (χ2v) is 5.68. The molecule has 2 amide bonds. The summed E-state index contributed by atoms with van der Waals surface area (Å²) in [7, 11) is 2.69. The minimum atomic E-state index is -0.563. The predicted octanol–water partition coefficient (Wildman–Crippen LogP) is 1.29. The van der Waals surface area contributed by atoms with Crippen molar-refractivity contribution in [3.63, 3.8) is 0 Å². The van der Waals surface area contributed by atoms with Crippen molar-refractivity contribution < 1.29 is 28.6 Å². The zero-order valence-corrected chi connectivity index (χ0v) is 15.7. The van der Waals surface area contributed by atoms with Crippen LogP contribution in [0.3, 0.4) is 0 Å². The Morgan fingerprint density at radius 3 is 2.36 bits per heavy atom. The highest BCUT2D eigenvalue weighted by Crippen LogP contribution is 2.28. The third-order valence-electron chi connectivity index (χ3n) is 3.74. The lowest BCUT2D eigenvalue weighted by atomic mass is 10.2. The van der Waals surface area contributed by atoms with Crippen LogP contribution in [0.4, 0.5) is 0 Å². The number of hydrogen-bond acceptors (Lipinski definition) is 6. The first-order chi connectivity index (χ1) is 13.5. The van der Waals surface area contributed by atoms with Gasteiger partial charge in [0.2, 0.25) is 5.91 Å². The molecule has 0 atom stereocenters. The Hall–Kier alpha value is -3.55. The molecule has 0 aliphatic heterocycles. The molecule has 0 saturated heterocycles. The monoisotopic (exact) mass is 386 g/mol. The Morgan fingerprint density at radius 2 is 1.68 bits per heavy atom. The lowest BCUT2D eigenvalue weighted by molar-refractivity contribution is -0.142. The molecule has 2 N–H and O–H groups in total. The van der Waals surface area contributed by atoms with E-state index in [4.69, 9.17) is 9.47 Å². The summed E-state index contributed by atoms with van der Waals surface area (Å²) in [5.74, 6) is -0.754. The maximum absolute atomic E-state index is 12.3. The molecule has 8 heteroatoms. The highest BCUT2D eigenvalue weighted by molar-refractivity contribution is 5.97. The van der Waals surface area contributed by atoms with E-state index in [1.165, 1.54) is 32.4 Å². The summed E-state index contributed by atoms with van der Waals surface area (Å²) in [6, 6.07) is 13.9. The summed E-state index contributed by atoms with van der Waals surface area (Å²) in [5.41, 5.74) is 1.22. The molecule has 0 unspecified atom stereocenters. The number of carbonyl (C=O) groups is 3. The van der Waals surface area contributed by atoms with Gasteiger partial charge in [0, 0.05) is 12.1 Å². The van der Waals surface area contributed by atoms with Crippen LogP contribution in [-0.2, 0) is 20.9 Å². The molecule has 0 bridgehead atoms. The second-order valence-electron chi connectivity index (χ2n) is 5.68. The summed E-state index contributed by atoms with van der Waals surface area (Å²) in [5, 5.41) is 5.26. The van der Waals surface area contributed by atoms with Crippen LogP contribution >= 0.6 is 0 Å². The third kappa shape index (κ3) is 6.31. The molecule has 0 saturated carbocycles. The van der Waals surface area contributed by atoms with Crippen molar-refractivity contribution in [3.05, 3.63) is 59.7 Å². The lowest BCUT2D eigenvalue weighted by Crippen LogP contribution is -2.36. The van der Waals surface area contributed by atoms with E-state index < -0.39 is 11.9 Å². The Bertz CT molecular complexity index is 823. The van der Waals surface area contributed by atoms with E-state index in [9.17, 15) is 14.4 Å². The Morgan fingerprint density at radius 1 is 0.929 bits per heavy atom. The van der Waals surface area contributed by atoms with E-state index in [0.29, 0.717) is 12.3 Å². The molecule has 2 aromatic rings. The van der Waals surface area contributed by atoms with Gasteiger partial charge in [-0.3, -0.25) is 9.59 Å². The highest BCUT2D eigenvalue weighted by atomic mass is 16.6. The second kappa shape index (κ2) is 10.6. The molecule has 8 nitrogen and oxygen atoms in total. The van der Waals surface area contributed by atoms with Crippen molar-refractivity contribution in [2.75, 3.05) is 27.4 Å². The number of amides is 2. The largest absolute Gasteiger partial charge is 0.493 e. The quantitative estimate of drug-likeness (QED) is 0.630. The van der Waals surface area contributed by atoms with Crippen LogP contribution in [0, 0.1) is 0 Å². The maximum atomic E-state index is 12.3. The molecule has 0 radical (unpaired) electrons. The van der Waals surface area contributed by atoms with E-state index in [0.717, 1.165) is 5.56 Å². The van der Waals surface area contributed by atoms with Gasteiger partial charge in [0.15, 0.2) is 18.1 Å². The summed E-state index contributed by atoms with van der Waals surface area (Å²) < 4.78 is 15.0. The van der Waals surface area contributed by atoms with Crippen molar-refractivity contribution in [1.82, 2.24) is 10.6 Å². The van der Waals surface area contributed by atoms with Crippen LogP contribution in [0.1, 0.15) is 15.9 Å². The van der Waals surface area contributed by atoms with Crippen LogP contribution in [0.25, 0.3) is 0 Å². The Balaban J connectivity index is 1.90. The minimum absolute atomic E-state index is 0.171. The molecular formula is C20H22N2O6. The summed E-state index contributed by atoms with van der Waals surface area (Å²) in [6.07, 6.45) is 0. The van der Waals surface area contributed by atoms with Gasteiger partial charge in [-0.05, 0) is 23.8 Å². The SMILES string of the molecule is COC(=O)COc1cc(C(=O)NCC(=O)NCc2ccccc2)ccc1OC. The minimum Gasteiger partial charge on any atom is -0.493 e. The number of methoxy groups -OCH3 is 2. The van der Waals surface area contributed by atoms with Gasteiger partial charge in [-0.15, -0.1) is 0 Å². The molecule has 148 valence electrons. The first-order valence-corrected chi connectivity index (χ1v) is 8.50. The summed E-state index contributed by atoms with van der Waals surface area (Å²) in [6.45, 7) is -0.112. The molecule has 0 aromatic heterocycles. The normalized spacial score (nSPS) is 9.93. The lowest BCUT2D eigenvalue weighted by Gasteiger charge is -2.12. The summed E-state index contributed by atoms with van der Waals surface area (Å²) in [4.78, 5) is 35.4. The number of nitrogens with one attached hydrogen (secondary N) is 2. The van der Waals surface area contributed by atoms with Crippen molar-refractivity contribution in [3.8, 4) is 11.5 Å². The van der Waals surface area contributed by atoms with Gasteiger partial charge in [-0.2, -0.15) is 0 Å². The topological polar surface area (TPSA) is 103 Å². The molecule has 0 heterocycles. The maximum Gasteiger partial charge on any atom is 0.343 e. The zero-order valence-electron chi connectivity index (χ0n) is 15.7. The van der Waals surface area contributed by atoms with Gasteiger partial charge in [0.25, 0.3) is 5.91 Å². The number of benzene rings is 2. The molecule has 2 aromatic carbocycles. The van der Waals surface area contributed by atoms with Gasteiger partial charge in [0.05, 0.1) is 20.8 Å². The predicted molar refractivity (Wildman–Crippen MR) is 101 cm³/mol. The number of carbonyl (C=O) groups excluding carboxylic acids is 3. The van der Waals surface area contributed by atoms with E-state index in [1.807, 2.05) is 30.3 Å². The van der Waals surface area contributed by atoms with Crippen LogP contribution in [0.15, 0.2) is 48.5 Å². The number of rotatable bonds is 9. The van der Waals surface area contributed by atoms with Crippen molar-refractivity contribution in [1.29, 1.82) is 0 Å². The number of ether oxygens (including phenoxy) is 3. The molecule has 0 aliphatic rings. The Kier molecular flexibility index (Phi) is 7.83. The average Bonchev–Trinajstić information content (AvgIpc) is 2.74. The van der Waals surface area contributed by atoms with Crippen LogP contribution in [0.5, 0.6) is 11.5 Å². The fraction of sp³-hybridized carbons (Fsp3) is 0.250. The van der Waals surface area contributed by atoms with Gasteiger partial charge < -0.3 is 24.8 Å². The highest BCUT2D eigenvalue weighted by Gasteiger charge is 2.13. The molecule has 2 rings (SSSR count). The fourth-order valence-corrected chi connectivity index (χ4v) is 2.25. The summed E-state index contributed by atoms with van der Waals surface area (Å²) >= 11 is 0. The van der Waals surface area contributed by atoms with E-state index >= 15 is 0 Å². The van der Waals surface area contributed by atoms with Gasteiger partial charge in [-0.1, -0.05) is 30.3 Å². The van der Waals surface area contributed by atoms with Crippen molar-refractivity contribution in [2.45, 2.75) is 6.54 Å².